The SMILES string of the molecule is CC1=C/C(=N\c2c(NCCN(C)C)nn3ccccc23)C(N)=CC1=O. The van der Waals surface area contributed by atoms with E-state index in [2.05, 4.69) is 15.3 Å². The van der Waals surface area contributed by atoms with Gasteiger partial charge in [0.05, 0.1) is 16.9 Å². The zero-order valence-electron chi connectivity index (χ0n) is 14.7. The van der Waals surface area contributed by atoms with Crippen molar-refractivity contribution in [1.29, 1.82) is 0 Å². The van der Waals surface area contributed by atoms with Crippen molar-refractivity contribution in [3.8, 4) is 0 Å². The van der Waals surface area contributed by atoms with E-state index in [4.69, 9.17) is 10.7 Å². The zero-order valence-corrected chi connectivity index (χ0v) is 14.7. The number of aliphatic imine (C=N–C) groups is 1. The van der Waals surface area contributed by atoms with Crippen molar-refractivity contribution in [2.24, 2.45) is 10.7 Å². The minimum Gasteiger partial charge on any atom is -0.397 e. The first-order valence-corrected chi connectivity index (χ1v) is 8.10. The van der Waals surface area contributed by atoms with Gasteiger partial charge in [0.25, 0.3) is 0 Å². The summed E-state index contributed by atoms with van der Waals surface area (Å²) in [7, 11) is 4.04. The van der Waals surface area contributed by atoms with E-state index in [-0.39, 0.29) is 5.78 Å². The molecule has 0 saturated heterocycles. The molecule has 7 nitrogen and oxygen atoms in total. The Bertz CT molecular complexity index is 903. The monoisotopic (exact) mass is 338 g/mol. The number of nitrogens with one attached hydrogen (secondary N) is 1. The molecular formula is C18H22N6O. The molecule has 3 N–H and O–H groups in total. The number of nitrogens with zero attached hydrogens (tertiary/aromatic N) is 4. The maximum absolute atomic E-state index is 11.7. The van der Waals surface area contributed by atoms with Crippen LogP contribution in [0.15, 0.2) is 52.8 Å². The number of anilines is 1. The van der Waals surface area contributed by atoms with Crippen LogP contribution in [0.3, 0.4) is 0 Å². The maximum atomic E-state index is 11.7. The number of likely N-dealkylation sites (N-methyl/N-ethyl adjacent to an activating group) is 1. The second-order valence-corrected chi connectivity index (χ2v) is 6.25. The number of carbonyl (C=O) groups is 1. The van der Waals surface area contributed by atoms with E-state index >= 15 is 0 Å². The Morgan fingerprint density at radius 2 is 2.12 bits per heavy atom. The average molecular weight is 338 g/mol. The first-order valence-electron chi connectivity index (χ1n) is 8.10. The van der Waals surface area contributed by atoms with Crippen LogP contribution < -0.4 is 11.1 Å². The van der Waals surface area contributed by atoms with Crippen LogP contribution in [0.5, 0.6) is 0 Å². The van der Waals surface area contributed by atoms with Crippen LogP contribution in [0.25, 0.3) is 5.52 Å². The van der Waals surface area contributed by atoms with Gasteiger partial charge in [0.15, 0.2) is 11.6 Å². The molecule has 0 aromatic carbocycles. The first-order chi connectivity index (χ1) is 12.0. The molecule has 2 aromatic heterocycles. The number of fused-ring (bicyclic) bond motifs is 1. The summed E-state index contributed by atoms with van der Waals surface area (Å²) >= 11 is 0. The fourth-order valence-electron chi connectivity index (χ4n) is 2.52. The number of aromatic nitrogens is 2. The highest BCUT2D eigenvalue weighted by Gasteiger charge is 2.17. The number of carbonyl (C=O) groups excluding carboxylic acids is 1. The van der Waals surface area contributed by atoms with Crippen LogP contribution in [0.1, 0.15) is 6.92 Å². The summed E-state index contributed by atoms with van der Waals surface area (Å²) in [6.07, 6.45) is 5.01. The van der Waals surface area contributed by atoms with E-state index in [0.717, 1.165) is 18.6 Å². The lowest BCUT2D eigenvalue weighted by Gasteiger charge is -2.11. The predicted octanol–water partition coefficient (Wildman–Crippen LogP) is 1.75. The Balaban J connectivity index is 2.03. The fourth-order valence-corrected chi connectivity index (χ4v) is 2.52. The van der Waals surface area contributed by atoms with E-state index in [1.165, 1.54) is 6.08 Å². The minimum absolute atomic E-state index is 0.0827. The second kappa shape index (κ2) is 6.90. The summed E-state index contributed by atoms with van der Waals surface area (Å²) in [5.74, 6) is 0.608. The molecule has 7 heteroatoms. The van der Waals surface area contributed by atoms with Crippen LogP contribution in [-0.4, -0.2) is 53.2 Å². The van der Waals surface area contributed by atoms with E-state index in [9.17, 15) is 4.79 Å². The van der Waals surface area contributed by atoms with Gasteiger partial charge in [-0.1, -0.05) is 6.07 Å². The largest absolute Gasteiger partial charge is 0.397 e. The molecule has 0 aliphatic heterocycles. The van der Waals surface area contributed by atoms with Gasteiger partial charge in [-0.25, -0.2) is 9.51 Å². The summed E-state index contributed by atoms with van der Waals surface area (Å²) in [5.41, 5.74) is 9.14. The Morgan fingerprint density at radius 1 is 1.32 bits per heavy atom. The first kappa shape index (κ1) is 16.9. The molecule has 0 radical (unpaired) electrons. The van der Waals surface area contributed by atoms with Gasteiger partial charge in [-0.3, -0.25) is 4.79 Å². The molecule has 0 unspecified atom stereocenters. The number of nitrogens with two attached hydrogens (primary N) is 1. The van der Waals surface area contributed by atoms with Crippen molar-refractivity contribution in [2.75, 3.05) is 32.5 Å². The molecule has 0 atom stereocenters. The van der Waals surface area contributed by atoms with Gasteiger partial charge >= 0.3 is 0 Å². The number of allylic oxidation sites excluding steroid dienone is 3. The molecule has 0 fully saturated rings. The summed E-state index contributed by atoms with van der Waals surface area (Å²) in [4.78, 5) is 18.5. The molecule has 0 bridgehead atoms. The van der Waals surface area contributed by atoms with Gasteiger partial charge < -0.3 is 16.0 Å². The van der Waals surface area contributed by atoms with E-state index in [1.807, 2.05) is 38.5 Å². The van der Waals surface area contributed by atoms with Gasteiger partial charge in [0, 0.05) is 25.4 Å². The van der Waals surface area contributed by atoms with Crippen molar-refractivity contribution in [3.63, 3.8) is 0 Å². The minimum atomic E-state index is -0.0827. The van der Waals surface area contributed by atoms with Crippen molar-refractivity contribution in [2.45, 2.75) is 6.92 Å². The van der Waals surface area contributed by atoms with Crippen LogP contribution in [0, 0.1) is 0 Å². The van der Waals surface area contributed by atoms with Crippen molar-refractivity contribution < 1.29 is 4.79 Å². The molecular weight excluding hydrogens is 316 g/mol. The van der Waals surface area contributed by atoms with Crippen LogP contribution in [0.4, 0.5) is 11.5 Å². The molecule has 1 aliphatic carbocycles. The summed E-state index contributed by atoms with van der Waals surface area (Å²) < 4.78 is 1.78. The molecule has 0 saturated carbocycles. The number of rotatable bonds is 5. The van der Waals surface area contributed by atoms with Gasteiger partial charge in [0.2, 0.25) is 0 Å². The predicted molar refractivity (Wildman–Crippen MR) is 100 cm³/mol. The zero-order chi connectivity index (χ0) is 18.0. The normalized spacial score (nSPS) is 16.5. The Labute approximate surface area is 146 Å². The third kappa shape index (κ3) is 3.61. The average Bonchev–Trinajstić information content (AvgIpc) is 2.90. The Morgan fingerprint density at radius 3 is 2.88 bits per heavy atom. The number of hydrogen-bond donors (Lipinski definition) is 2. The van der Waals surface area contributed by atoms with Crippen molar-refractivity contribution in [1.82, 2.24) is 14.5 Å². The number of hydrogen-bond acceptors (Lipinski definition) is 6. The second-order valence-electron chi connectivity index (χ2n) is 6.25. The van der Waals surface area contributed by atoms with E-state index in [1.54, 1.807) is 17.5 Å². The van der Waals surface area contributed by atoms with Gasteiger partial charge in [-0.2, -0.15) is 0 Å². The highest BCUT2D eigenvalue weighted by molar-refractivity contribution is 6.22. The molecule has 0 amide bonds. The molecule has 2 heterocycles. The molecule has 3 rings (SSSR count). The molecule has 25 heavy (non-hydrogen) atoms. The number of pyridine rings is 1. The smallest absolute Gasteiger partial charge is 0.183 e. The lowest BCUT2D eigenvalue weighted by Crippen LogP contribution is -2.21. The fraction of sp³-hybridized carbons (Fsp3) is 0.278. The van der Waals surface area contributed by atoms with Crippen molar-refractivity contribution >= 4 is 28.5 Å². The summed E-state index contributed by atoms with van der Waals surface area (Å²) in [6.45, 7) is 3.37. The van der Waals surface area contributed by atoms with Crippen LogP contribution in [0.2, 0.25) is 0 Å². The third-order valence-electron chi connectivity index (χ3n) is 3.92. The lowest BCUT2D eigenvalue weighted by molar-refractivity contribution is -0.111. The third-order valence-corrected chi connectivity index (χ3v) is 3.92. The molecule has 1 aliphatic rings. The highest BCUT2D eigenvalue weighted by Crippen LogP contribution is 2.30. The van der Waals surface area contributed by atoms with E-state index < -0.39 is 0 Å². The quantitative estimate of drug-likeness (QED) is 0.811. The lowest BCUT2D eigenvalue weighted by atomic mass is 10.0. The van der Waals surface area contributed by atoms with Crippen LogP contribution >= 0.6 is 0 Å². The topological polar surface area (TPSA) is 88.0 Å². The molecule has 2 aromatic rings. The highest BCUT2D eigenvalue weighted by atomic mass is 16.1. The standard InChI is InChI=1S/C18H22N6O/c1-12-10-14(13(19)11-16(12)25)21-17-15-6-4-5-8-24(15)22-18(17)20-7-9-23(2)3/h4-6,8,10-11H,7,9,19H2,1-3H3,(H,20,22)/b21-14+. The van der Waals surface area contributed by atoms with Crippen LogP contribution in [-0.2, 0) is 4.79 Å². The van der Waals surface area contributed by atoms with Gasteiger partial charge in [-0.05, 0) is 44.8 Å². The van der Waals surface area contributed by atoms with E-state index in [0.29, 0.717) is 28.5 Å². The maximum Gasteiger partial charge on any atom is 0.183 e. The van der Waals surface area contributed by atoms with Gasteiger partial charge in [-0.15, -0.1) is 5.10 Å². The van der Waals surface area contributed by atoms with Crippen molar-refractivity contribution in [3.05, 3.63) is 47.8 Å². The molecule has 0 spiro atoms. The number of ketones is 1. The Kier molecular flexibility index (Phi) is 4.67. The van der Waals surface area contributed by atoms with Gasteiger partial charge in [0.1, 0.15) is 5.69 Å². The Hall–Kier alpha value is -2.93. The summed E-state index contributed by atoms with van der Waals surface area (Å²) in [6, 6.07) is 5.81. The molecule has 130 valence electrons. The summed E-state index contributed by atoms with van der Waals surface area (Å²) in [5, 5.41) is 7.90.